The van der Waals surface area contributed by atoms with Crippen molar-refractivity contribution in [3.63, 3.8) is 0 Å². The quantitative estimate of drug-likeness (QED) is 0.729. The molecule has 28 heavy (non-hydrogen) atoms. The lowest BCUT2D eigenvalue weighted by Crippen LogP contribution is -2.36. The molecule has 2 aromatic carbocycles. The van der Waals surface area contributed by atoms with Crippen LogP contribution in [0.25, 0.3) is 0 Å². The summed E-state index contributed by atoms with van der Waals surface area (Å²) in [5.41, 5.74) is 2.51. The number of carbonyl (C=O) groups excluding carboxylic acids is 1. The summed E-state index contributed by atoms with van der Waals surface area (Å²) in [7, 11) is -2.25. The molecule has 0 radical (unpaired) electrons. The second-order valence-electron chi connectivity index (χ2n) is 6.58. The maximum Gasteiger partial charge on any atom is 0.251 e. The molecule has 150 valence electrons. The minimum Gasteiger partial charge on any atom is -0.379 e. The Hall–Kier alpha value is -2.26. The lowest BCUT2D eigenvalue weighted by atomic mass is 10.1. The van der Waals surface area contributed by atoms with E-state index in [2.05, 4.69) is 21.0 Å². The molecular weight excluding hydrogens is 378 g/mol. The van der Waals surface area contributed by atoms with Crippen LogP contribution in [0.4, 0.5) is 0 Å². The molecule has 1 aliphatic rings. The van der Waals surface area contributed by atoms with Gasteiger partial charge in [0.2, 0.25) is 10.0 Å². The zero-order valence-electron chi connectivity index (χ0n) is 15.8. The number of rotatable bonds is 7. The van der Waals surface area contributed by atoms with E-state index in [0.717, 1.165) is 44.0 Å². The molecular formula is C20H25N3O4S. The van der Waals surface area contributed by atoms with Crippen molar-refractivity contribution < 1.29 is 17.9 Å². The van der Waals surface area contributed by atoms with Gasteiger partial charge in [0.25, 0.3) is 5.91 Å². The van der Waals surface area contributed by atoms with Crippen LogP contribution in [0.15, 0.2) is 53.4 Å². The summed E-state index contributed by atoms with van der Waals surface area (Å²) in [6, 6.07) is 14.0. The van der Waals surface area contributed by atoms with Crippen LogP contribution in [-0.4, -0.2) is 52.6 Å². The SMILES string of the molecule is CNS(=O)(=O)c1cccc(C(=O)NCc2ccccc2CN2CCOCC2)c1. The Morgan fingerprint density at radius 3 is 2.50 bits per heavy atom. The van der Waals surface area contributed by atoms with Crippen molar-refractivity contribution in [3.8, 4) is 0 Å². The van der Waals surface area contributed by atoms with Gasteiger partial charge in [-0.05, 0) is 36.4 Å². The molecule has 3 rings (SSSR count). The molecule has 1 fully saturated rings. The smallest absolute Gasteiger partial charge is 0.251 e. The largest absolute Gasteiger partial charge is 0.379 e. The second kappa shape index (κ2) is 9.29. The van der Waals surface area contributed by atoms with Crippen molar-refractivity contribution in [1.82, 2.24) is 14.9 Å². The van der Waals surface area contributed by atoms with Crippen molar-refractivity contribution in [2.24, 2.45) is 0 Å². The standard InChI is InChI=1S/C20H25N3O4S/c1-21-28(25,26)19-8-4-7-16(13-19)20(24)22-14-17-5-2-3-6-18(17)15-23-9-11-27-12-10-23/h2-8,13,21H,9-12,14-15H2,1H3,(H,22,24). The van der Waals surface area contributed by atoms with Crippen molar-refractivity contribution in [3.05, 3.63) is 65.2 Å². The van der Waals surface area contributed by atoms with Gasteiger partial charge in [0.15, 0.2) is 0 Å². The van der Waals surface area contributed by atoms with E-state index in [0.29, 0.717) is 12.1 Å². The van der Waals surface area contributed by atoms with Gasteiger partial charge in [-0.1, -0.05) is 30.3 Å². The van der Waals surface area contributed by atoms with Crippen LogP contribution in [0.3, 0.4) is 0 Å². The summed E-state index contributed by atoms with van der Waals surface area (Å²) in [6.07, 6.45) is 0. The topological polar surface area (TPSA) is 87.7 Å². The number of benzene rings is 2. The molecule has 0 aromatic heterocycles. The van der Waals surface area contributed by atoms with Gasteiger partial charge < -0.3 is 10.1 Å². The van der Waals surface area contributed by atoms with Gasteiger partial charge in [-0.15, -0.1) is 0 Å². The minimum absolute atomic E-state index is 0.0652. The Kier molecular flexibility index (Phi) is 6.79. The van der Waals surface area contributed by atoms with Crippen molar-refractivity contribution in [2.45, 2.75) is 18.0 Å². The van der Waals surface area contributed by atoms with E-state index < -0.39 is 10.0 Å². The van der Waals surface area contributed by atoms with Crippen molar-refractivity contribution >= 4 is 15.9 Å². The zero-order valence-corrected chi connectivity index (χ0v) is 16.7. The average molecular weight is 404 g/mol. The molecule has 0 unspecified atom stereocenters. The Bertz CT molecular complexity index is 925. The third-order valence-corrected chi connectivity index (χ3v) is 6.14. The van der Waals surface area contributed by atoms with Gasteiger partial charge >= 0.3 is 0 Å². The van der Waals surface area contributed by atoms with Crippen molar-refractivity contribution in [2.75, 3.05) is 33.4 Å². The molecule has 1 saturated heterocycles. The summed E-state index contributed by atoms with van der Waals surface area (Å²) < 4.78 is 31.5. The average Bonchev–Trinajstić information content (AvgIpc) is 2.73. The van der Waals surface area contributed by atoms with E-state index in [1.54, 1.807) is 12.1 Å². The predicted molar refractivity (Wildman–Crippen MR) is 106 cm³/mol. The molecule has 0 aliphatic carbocycles. The zero-order chi connectivity index (χ0) is 20.0. The Morgan fingerprint density at radius 1 is 1.07 bits per heavy atom. The van der Waals surface area contributed by atoms with Gasteiger partial charge in [-0.25, -0.2) is 13.1 Å². The number of ether oxygens (including phenoxy) is 1. The Morgan fingerprint density at radius 2 is 1.79 bits per heavy atom. The minimum atomic E-state index is -3.59. The van der Waals surface area contributed by atoms with Crippen molar-refractivity contribution in [1.29, 1.82) is 0 Å². The van der Waals surface area contributed by atoms with Gasteiger partial charge in [0.1, 0.15) is 0 Å². The first-order valence-electron chi connectivity index (χ1n) is 9.18. The molecule has 1 aliphatic heterocycles. The van der Waals surface area contributed by atoms with Crippen LogP contribution in [0.5, 0.6) is 0 Å². The first kappa shape index (κ1) is 20.5. The third kappa shape index (κ3) is 5.17. The lowest BCUT2D eigenvalue weighted by Gasteiger charge is -2.27. The molecule has 2 N–H and O–H groups in total. The van der Waals surface area contributed by atoms with Gasteiger partial charge in [0.05, 0.1) is 18.1 Å². The van der Waals surface area contributed by atoms with Gasteiger partial charge in [-0.3, -0.25) is 9.69 Å². The van der Waals surface area contributed by atoms with Crippen LogP contribution in [0.2, 0.25) is 0 Å². The number of hydrogen-bond donors (Lipinski definition) is 2. The molecule has 0 atom stereocenters. The van der Waals surface area contributed by atoms with Crippen LogP contribution < -0.4 is 10.0 Å². The number of hydrogen-bond acceptors (Lipinski definition) is 5. The number of morpholine rings is 1. The van der Waals surface area contributed by atoms with Crippen LogP contribution in [-0.2, 0) is 27.8 Å². The first-order valence-corrected chi connectivity index (χ1v) is 10.7. The number of amides is 1. The Balaban J connectivity index is 1.67. The Labute approximate surface area is 165 Å². The van der Waals surface area contributed by atoms with Crippen LogP contribution in [0.1, 0.15) is 21.5 Å². The molecule has 1 heterocycles. The molecule has 8 heteroatoms. The van der Waals surface area contributed by atoms with E-state index in [4.69, 9.17) is 4.74 Å². The number of nitrogens with zero attached hydrogens (tertiary/aromatic N) is 1. The van der Waals surface area contributed by atoms with E-state index >= 15 is 0 Å². The van der Waals surface area contributed by atoms with E-state index in [9.17, 15) is 13.2 Å². The van der Waals surface area contributed by atoms with E-state index in [1.165, 1.54) is 19.2 Å². The third-order valence-electron chi connectivity index (χ3n) is 4.73. The molecule has 2 aromatic rings. The summed E-state index contributed by atoms with van der Waals surface area (Å²) >= 11 is 0. The van der Waals surface area contributed by atoms with Gasteiger partial charge in [-0.2, -0.15) is 0 Å². The lowest BCUT2D eigenvalue weighted by molar-refractivity contribution is 0.0340. The second-order valence-corrected chi connectivity index (χ2v) is 8.46. The van der Waals surface area contributed by atoms with Crippen LogP contribution >= 0.6 is 0 Å². The maximum atomic E-state index is 12.5. The van der Waals surface area contributed by atoms with Gasteiger partial charge in [0, 0.05) is 31.7 Å². The van der Waals surface area contributed by atoms with Crippen LogP contribution in [0, 0.1) is 0 Å². The summed E-state index contributed by atoms with van der Waals surface area (Å²) in [4.78, 5) is 14.9. The highest BCUT2D eigenvalue weighted by Crippen LogP contribution is 2.14. The van der Waals surface area contributed by atoms with E-state index in [-0.39, 0.29) is 10.8 Å². The highest BCUT2D eigenvalue weighted by molar-refractivity contribution is 7.89. The fraction of sp³-hybridized carbons (Fsp3) is 0.350. The number of sulfonamides is 1. The highest BCUT2D eigenvalue weighted by Gasteiger charge is 2.15. The normalized spacial score (nSPS) is 15.3. The molecule has 0 bridgehead atoms. The summed E-state index contributed by atoms with van der Waals surface area (Å²) in [6.45, 7) is 4.46. The maximum absolute atomic E-state index is 12.5. The monoisotopic (exact) mass is 403 g/mol. The number of carbonyl (C=O) groups is 1. The summed E-state index contributed by atoms with van der Waals surface area (Å²) in [5, 5.41) is 2.89. The molecule has 7 nitrogen and oxygen atoms in total. The predicted octanol–water partition coefficient (Wildman–Crippen LogP) is 1.36. The molecule has 0 saturated carbocycles. The van der Waals surface area contributed by atoms with E-state index in [1.807, 2.05) is 18.2 Å². The molecule has 1 amide bonds. The fourth-order valence-corrected chi connectivity index (χ4v) is 3.86. The number of nitrogens with one attached hydrogen (secondary N) is 2. The summed E-state index contributed by atoms with van der Waals surface area (Å²) in [5.74, 6) is -0.311. The molecule has 0 spiro atoms. The first-order chi connectivity index (χ1) is 13.5. The fourth-order valence-electron chi connectivity index (χ4n) is 3.08. The highest BCUT2D eigenvalue weighted by atomic mass is 32.2.